The average molecular weight is 553 g/mol. The van der Waals surface area contributed by atoms with Crippen molar-refractivity contribution in [3.63, 3.8) is 0 Å². The molecule has 0 fully saturated rings. The Morgan fingerprint density at radius 2 is 1.39 bits per heavy atom. The van der Waals surface area contributed by atoms with Crippen LogP contribution in [-0.2, 0) is 23.0 Å². The van der Waals surface area contributed by atoms with E-state index in [2.05, 4.69) is 0 Å². The molecular formula is C20H13F10NO4S. The lowest BCUT2D eigenvalue weighted by molar-refractivity contribution is -0.348. The van der Waals surface area contributed by atoms with Gasteiger partial charge in [-0.1, -0.05) is 6.07 Å². The Morgan fingerprint density at radius 3 is 1.83 bits per heavy atom. The summed E-state index contributed by atoms with van der Waals surface area (Å²) in [7, 11) is 0. The van der Waals surface area contributed by atoms with Gasteiger partial charge in [0.1, 0.15) is 5.75 Å². The van der Waals surface area contributed by atoms with Crippen LogP contribution in [0.3, 0.4) is 0 Å². The number of halogens is 10. The molecule has 198 valence electrons. The van der Waals surface area contributed by atoms with Crippen LogP contribution in [0.25, 0.3) is 0 Å². The van der Waals surface area contributed by atoms with Gasteiger partial charge in [-0.15, -0.1) is 0 Å². The lowest BCUT2D eigenvalue weighted by Gasteiger charge is -2.30. The summed E-state index contributed by atoms with van der Waals surface area (Å²) in [5, 5.41) is 11.1. The summed E-state index contributed by atoms with van der Waals surface area (Å²) < 4.78 is 144. The maximum Gasteiger partial charge on any atom is 0.435 e. The van der Waals surface area contributed by atoms with Gasteiger partial charge in [-0.2, -0.15) is 39.5 Å². The minimum Gasteiger partial charge on any atom is -0.611 e. The van der Waals surface area contributed by atoms with Crippen molar-refractivity contribution in [3.8, 4) is 0 Å². The first-order chi connectivity index (χ1) is 16.3. The average Bonchev–Trinajstić information content (AvgIpc) is 2.75. The van der Waals surface area contributed by atoms with Crippen molar-refractivity contribution in [3.05, 3.63) is 58.7 Å². The zero-order chi connectivity index (χ0) is 27.9. The minimum absolute atomic E-state index is 0.0547. The molecule has 5 nitrogen and oxygen atoms in total. The number of anilines is 1. The largest absolute Gasteiger partial charge is 0.611 e. The van der Waals surface area contributed by atoms with Crippen LogP contribution < -0.4 is 5.32 Å². The van der Waals surface area contributed by atoms with E-state index in [0.717, 1.165) is 0 Å². The van der Waals surface area contributed by atoms with Crippen LogP contribution in [0.2, 0.25) is 0 Å². The van der Waals surface area contributed by atoms with Gasteiger partial charge in [0.05, 0.1) is 22.4 Å². The second-order valence-electron chi connectivity index (χ2n) is 7.02. The minimum atomic E-state index is -6.54. The molecule has 36 heavy (non-hydrogen) atoms. The summed E-state index contributed by atoms with van der Waals surface area (Å²) >= 11 is -2.15. The van der Waals surface area contributed by atoms with Gasteiger partial charge in [-0.25, -0.2) is 9.18 Å². The van der Waals surface area contributed by atoms with E-state index < -0.39 is 80.1 Å². The molecule has 0 saturated heterocycles. The summed E-state index contributed by atoms with van der Waals surface area (Å²) in [6, 6.07) is 1.37. The summed E-state index contributed by atoms with van der Waals surface area (Å²) in [6.07, 6.45) is -18.0. The van der Waals surface area contributed by atoms with Crippen LogP contribution in [0.1, 0.15) is 38.8 Å². The predicted octanol–water partition coefficient (Wildman–Crippen LogP) is 6.07. The number of rotatable bonds is 6. The smallest absolute Gasteiger partial charge is 0.435 e. The predicted molar refractivity (Wildman–Crippen MR) is 105 cm³/mol. The van der Waals surface area contributed by atoms with Crippen molar-refractivity contribution in [1.82, 2.24) is 0 Å². The quantitative estimate of drug-likeness (QED) is 0.336. The molecular weight excluding hydrogens is 540 g/mol. The summed E-state index contributed by atoms with van der Waals surface area (Å²) in [5.74, 6) is -3.79. The highest BCUT2D eigenvalue weighted by atomic mass is 32.2. The number of benzene rings is 2. The Kier molecular flexibility index (Phi) is 7.96. The van der Waals surface area contributed by atoms with Crippen molar-refractivity contribution in [2.24, 2.45) is 0 Å². The molecule has 2 aromatic rings. The second kappa shape index (κ2) is 9.80. The van der Waals surface area contributed by atoms with Crippen molar-refractivity contribution in [2.45, 2.75) is 36.0 Å². The zero-order valence-electron chi connectivity index (χ0n) is 17.5. The van der Waals surface area contributed by atoms with Crippen LogP contribution >= 0.6 is 0 Å². The van der Waals surface area contributed by atoms with Crippen LogP contribution in [0.4, 0.5) is 49.6 Å². The molecule has 0 aliphatic heterocycles. The van der Waals surface area contributed by atoms with E-state index in [1.807, 2.05) is 5.32 Å². The molecule has 2 rings (SSSR count). The number of hydrogen-bond donors (Lipinski definition) is 2. The Morgan fingerprint density at radius 1 is 0.861 bits per heavy atom. The summed E-state index contributed by atoms with van der Waals surface area (Å²) in [6.45, 7) is 1.31. The third-order valence-electron chi connectivity index (χ3n) is 4.74. The molecule has 1 unspecified atom stereocenters. The van der Waals surface area contributed by atoms with Crippen molar-refractivity contribution >= 4 is 28.7 Å². The molecule has 1 amide bonds. The molecule has 0 saturated carbocycles. The van der Waals surface area contributed by atoms with Gasteiger partial charge >= 0.3 is 30.2 Å². The number of hydrogen-bond acceptors (Lipinski definition) is 3. The summed E-state index contributed by atoms with van der Waals surface area (Å²) in [4.78, 5) is 23.5. The molecule has 0 heterocycles. The monoisotopic (exact) mass is 553 g/mol. The van der Waals surface area contributed by atoms with Gasteiger partial charge in [0.15, 0.2) is 4.90 Å². The van der Waals surface area contributed by atoms with Crippen LogP contribution in [-0.4, -0.2) is 39.6 Å². The van der Waals surface area contributed by atoms with E-state index in [-0.39, 0.29) is 24.0 Å². The Balaban J connectivity index is 2.60. The number of carboxylic acid groups (broad SMARTS) is 1. The van der Waals surface area contributed by atoms with Gasteiger partial charge in [-0.3, -0.25) is 4.79 Å². The van der Waals surface area contributed by atoms with Gasteiger partial charge in [0, 0.05) is 11.6 Å². The number of amides is 1. The number of alkyl halides is 10. The SMILES string of the molecule is CC[S+]([O-])c1cc(C(F)(F)F)ccc1C(=O)Nc1ccc(C(F)(C(F)(F)F)C(F)(F)F)cc1C(=O)O. The molecule has 0 radical (unpaired) electrons. The van der Waals surface area contributed by atoms with Crippen molar-refractivity contribution in [2.75, 3.05) is 11.1 Å². The highest BCUT2D eigenvalue weighted by molar-refractivity contribution is 7.91. The molecule has 16 heteroatoms. The molecule has 2 aromatic carbocycles. The van der Waals surface area contributed by atoms with Crippen LogP contribution in [0.15, 0.2) is 41.3 Å². The van der Waals surface area contributed by atoms with E-state index in [9.17, 15) is 63.2 Å². The molecule has 0 aromatic heterocycles. The number of nitrogens with one attached hydrogen (secondary N) is 1. The Hall–Kier alpha value is -3.01. The number of carbonyl (C=O) groups is 2. The van der Waals surface area contributed by atoms with E-state index in [4.69, 9.17) is 0 Å². The van der Waals surface area contributed by atoms with Crippen LogP contribution in [0, 0.1) is 0 Å². The molecule has 0 bridgehead atoms. The lowest BCUT2D eigenvalue weighted by Crippen LogP contribution is -2.50. The maximum absolute atomic E-state index is 14.3. The van der Waals surface area contributed by atoms with Crippen molar-refractivity contribution in [1.29, 1.82) is 0 Å². The van der Waals surface area contributed by atoms with Gasteiger partial charge in [-0.05, 0) is 42.4 Å². The highest BCUT2D eigenvalue weighted by Crippen LogP contribution is 2.53. The first-order valence-corrected chi connectivity index (χ1v) is 10.7. The van der Waals surface area contributed by atoms with E-state index in [1.165, 1.54) is 6.92 Å². The first kappa shape index (κ1) is 29.2. The lowest BCUT2D eigenvalue weighted by atomic mass is 9.92. The number of carboxylic acids is 1. The van der Waals surface area contributed by atoms with Crippen molar-refractivity contribution < 1.29 is 63.2 Å². The Labute approximate surface area is 198 Å². The Bertz CT molecular complexity index is 1150. The van der Waals surface area contributed by atoms with Gasteiger partial charge < -0.3 is 15.0 Å². The first-order valence-electron chi connectivity index (χ1n) is 9.36. The highest BCUT2D eigenvalue weighted by Gasteiger charge is 2.73. The number of aromatic carboxylic acids is 1. The van der Waals surface area contributed by atoms with Crippen LogP contribution in [0.5, 0.6) is 0 Å². The summed E-state index contributed by atoms with van der Waals surface area (Å²) in [5.41, 5.74) is -12.3. The van der Waals surface area contributed by atoms with E-state index in [1.54, 1.807) is 0 Å². The van der Waals surface area contributed by atoms with Gasteiger partial charge in [0.25, 0.3) is 5.91 Å². The standard InChI is InChI=1S/C20H13F10NO4S/c1-2-36(35)14-8-10(18(22,23)24)3-5-11(14)15(32)31-13-6-4-9(7-12(13)16(33)34)17(21,19(25,26)27)20(28,29)30/h3-8H,2H2,1H3,(H,31,32)(H,33,34). The van der Waals surface area contributed by atoms with Gasteiger partial charge in [0.2, 0.25) is 0 Å². The topological polar surface area (TPSA) is 89.5 Å². The second-order valence-corrected chi connectivity index (χ2v) is 8.72. The molecule has 2 N–H and O–H groups in total. The molecule has 0 spiro atoms. The number of carbonyl (C=O) groups excluding carboxylic acids is 1. The third kappa shape index (κ3) is 5.53. The van der Waals surface area contributed by atoms with E-state index >= 15 is 0 Å². The normalized spacial score (nSPS) is 13.9. The maximum atomic E-state index is 14.3. The zero-order valence-corrected chi connectivity index (χ0v) is 18.3. The third-order valence-corrected chi connectivity index (χ3v) is 6.09. The van der Waals surface area contributed by atoms with E-state index in [0.29, 0.717) is 18.2 Å². The molecule has 1 atom stereocenters. The fourth-order valence-electron chi connectivity index (χ4n) is 2.95. The molecule has 0 aliphatic rings. The fraction of sp³-hybridized carbons (Fsp3) is 0.300. The fourth-order valence-corrected chi connectivity index (χ4v) is 3.93. The molecule has 0 aliphatic carbocycles.